The Hall–Kier alpha value is -3.61. The van der Waals surface area contributed by atoms with Crippen LogP contribution >= 0.6 is 0 Å². The van der Waals surface area contributed by atoms with Gasteiger partial charge in [-0.25, -0.2) is 4.68 Å². The third-order valence-corrected chi connectivity index (χ3v) is 4.55. The van der Waals surface area contributed by atoms with E-state index in [2.05, 4.69) is 15.7 Å². The highest BCUT2D eigenvalue weighted by atomic mass is 16.4. The number of nitrogens with one attached hydrogen (secondary N) is 2. The zero-order chi connectivity index (χ0) is 20.8. The number of aryl methyl sites for hydroxylation is 1. The van der Waals surface area contributed by atoms with Crippen LogP contribution in [0, 0.1) is 6.92 Å². The van der Waals surface area contributed by atoms with Gasteiger partial charge in [-0.2, -0.15) is 5.10 Å². The summed E-state index contributed by atoms with van der Waals surface area (Å²) in [4.78, 5) is 24.3. The molecule has 3 aromatic rings. The molecule has 3 rings (SSSR count). The molecule has 1 atom stereocenters. The molecule has 7 heteroatoms. The van der Waals surface area contributed by atoms with E-state index in [9.17, 15) is 14.7 Å². The highest BCUT2D eigenvalue weighted by Crippen LogP contribution is 2.22. The van der Waals surface area contributed by atoms with E-state index in [4.69, 9.17) is 0 Å². The van der Waals surface area contributed by atoms with Crippen molar-refractivity contribution in [2.75, 3.05) is 11.9 Å². The summed E-state index contributed by atoms with van der Waals surface area (Å²) in [5.74, 6) is -0.718. The number of amides is 1. The van der Waals surface area contributed by atoms with Crippen LogP contribution in [0.15, 0.2) is 60.7 Å². The van der Waals surface area contributed by atoms with Gasteiger partial charge in [0.05, 0.1) is 18.2 Å². The quantitative estimate of drug-likeness (QED) is 0.545. The van der Waals surface area contributed by atoms with Crippen LogP contribution in [0.4, 0.5) is 5.82 Å². The molecule has 0 aliphatic heterocycles. The normalized spacial score (nSPS) is 11.7. The van der Waals surface area contributed by atoms with Crippen LogP contribution < -0.4 is 10.6 Å². The molecule has 3 N–H and O–H groups in total. The Morgan fingerprint density at radius 2 is 1.79 bits per heavy atom. The molecule has 0 radical (unpaired) electrons. The third-order valence-electron chi connectivity index (χ3n) is 4.55. The largest absolute Gasteiger partial charge is 0.481 e. The van der Waals surface area contributed by atoms with E-state index in [0.29, 0.717) is 12.4 Å². The fourth-order valence-corrected chi connectivity index (χ4v) is 3.19. The average molecular weight is 392 g/mol. The van der Waals surface area contributed by atoms with Gasteiger partial charge in [-0.3, -0.25) is 9.59 Å². The Morgan fingerprint density at radius 1 is 1.10 bits per heavy atom. The highest BCUT2D eigenvalue weighted by Gasteiger charge is 2.22. The van der Waals surface area contributed by atoms with E-state index in [1.165, 1.54) is 0 Å². The number of aliphatic carboxylic acids is 1. The minimum Gasteiger partial charge on any atom is -0.481 e. The standard InChI is InChI=1S/C22H24N4O3/c1-3-23-20-13-19(25-26(20)16-10-5-4-6-11-16)22(29)24-18(14-21(27)28)17-12-8-7-9-15(17)2/h4-13,18,23H,3,14H2,1-2H3,(H,24,29)(H,27,28). The number of para-hydroxylation sites is 1. The van der Waals surface area contributed by atoms with Gasteiger partial charge < -0.3 is 15.7 Å². The second kappa shape index (κ2) is 9.05. The number of hydrogen-bond acceptors (Lipinski definition) is 4. The van der Waals surface area contributed by atoms with Crippen LogP contribution in [0.2, 0.25) is 0 Å². The van der Waals surface area contributed by atoms with Gasteiger partial charge in [0.15, 0.2) is 5.69 Å². The third kappa shape index (κ3) is 4.82. The van der Waals surface area contributed by atoms with E-state index in [1.807, 2.05) is 68.4 Å². The molecule has 29 heavy (non-hydrogen) atoms. The van der Waals surface area contributed by atoms with Crippen LogP contribution in [0.25, 0.3) is 5.69 Å². The van der Waals surface area contributed by atoms with E-state index in [0.717, 1.165) is 16.8 Å². The Morgan fingerprint density at radius 3 is 2.45 bits per heavy atom. The number of hydrogen-bond donors (Lipinski definition) is 3. The molecule has 0 saturated carbocycles. The predicted octanol–water partition coefficient (Wildman–Crippen LogP) is 3.56. The summed E-state index contributed by atoms with van der Waals surface area (Å²) in [5, 5.41) is 19.8. The average Bonchev–Trinajstić information content (AvgIpc) is 3.13. The maximum absolute atomic E-state index is 12.9. The molecular formula is C22H24N4O3. The van der Waals surface area contributed by atoms with Crippen LogP contribution in [-0.2, 0) is 4.79 Å². The molecule has 0 saturated heterocycles. The van der Waals surface area contributed by atoms with Crippen molar-refractivity contribution >= 4 is 17.7 Å². The molecular weight excluding hydrogens is 368 g/mol. The van der Waals surface area contributed by atoms with Crippen molar-refractivity contribution in [3.8, 4) is 5.69 Å². The first-order chi connectivity index (χ1) is 14.0. The first kappa shape index (κ1) is 20.1. The lowest BCUT2D eigenvalue weighted by molar-refractivity contribution is -0.137. The summed E-state index contributed by atoms with van der Waals surface area (Å²) in [6, 6.07) is 17.9. The van der Waals surface area contributed by atoms with Crippen molar-refractivity contribution in [1.29, 1.82) is 0 Å². The van der Waals surface area contributed by atoms with Crippen LogP contribution in [0.1, 0.15) is 41.0 Å². The first-order valence-electron chi connectivity index (χ1n) is 9.47. The van der Waals surface area contributed by atoms with Crippen molar-refractivity contribution in [3.63, 3.8) is 0 Å². The zero-order valence-electron chi connectivity index (χ0n) is 16.4. The number of nitrogens with zero attached hydrogens (tertiary/aromatic N) is 2. The molecule has 0 aliphatic rings. The molecule has 1 unspecified atom stereocenters. The van der Waals surface area contributed by atoms with Crippen molar-refractivity contribution in [1.82, 2.24) is 15.1 Å². The fraction of sp³-hybridized carbons (Fsp3) is 0.227. The van der Waals surface area contributed by atoms with Gasteiger partial charge in [0.1, 0.15) is 5.82 Å². The molecule has 0 aliphatic carbocycles. The maximum atomic E-state index is 12.9. The molecule has 0 spiro atoms. The molecule has 150 valence electrons. The van der Waals surface area contributed by atoms with Crippen molar-refractivity contribution in [2.45, 2.75) is 26.3 Å². The lowest BCUT2D eigenvalue weighted by atomic mass is 9.98. The lowest BCUT2D eigenvalue weighted by Crippen LogP contribution is -2.31. The van der Waals surface area contributed by atoms with Crippen LogP contribution in [0.5, 0.6) is 0 Å². The maximum Gasteiger partial charge on any atom is 0.305 e. The molecule has 0 fully saturated rings. The summed E-state index contributed by atoms with van der Waals surface area (Å²) in [6.07, 6.45) is -0.212. The number of anilines is 1. The van der Waals surface area contributed by atoms with Gasteiger partial charge in [-0.15, -0.1) is 0 Å². The molecule has 1 heterocycles. The minimum absolute atomic E-state index is 0.212. The Kier molecular flexibility index (Phi) is 6.29. The number of carbonyl (C=O) groups excluding carboxylic acids is 1. The molecule has 2 aromatic carbocycles. The van der Waals surface area contributed by atoms with Crippen LogP contribution in [0.3, 0.4) is 0 Å². The van der Waals surface area contributed by atoms with Gasteiger partial charge in [-0.1, -0.05) is 42.5 Å². The summed E-state index contributed by atoms with van der Waals surface area (Å²) in [5.41, 5.74) is 2.73. The Balaban J connectivity index is 1.90. The topological polar surface area (TPSA) is 96.2 Å². The summed E-state index contributed by atoms with van der Waals surface area (Å²) in [6.45, 7) is 4.53. The monoisotopic (exact) mass is 392 g/mol. The zero-order valence-corrected chi connectivity index (χ0v) is 16.4. The Labute approximate surface area is 169 Å². The number of carbonyl (C=O) groups is 2. The van der Waals surface area contributed by atoms with E-state index >= 15 is 0 Å². The number of benzene rings is 2. The van der Waals surface area contributed by atoms with Gasteiger partial charge in [-0.05, 0) is 37.1 Å². The second-order valence-electron chi connectivity index (χ2n) is 6.67. The Bertz CT molecular complexity index is 998. The van der Waals surface area contributed by atoms with E-state index < -0.39 is 17.9 Å². The highest BCUT2D eigenvalue weighted by molar-refractivity contribution is 5.93. The summed E-state index contributed by atoms with van der Waals surface area (Å²) < 4.78 is 1.67. The molecule has 0 bridgehead atoms. The van der Waals surface area contributed by atoms with Gasteiger partial charge in [0.25, 0.3) is 5.91 Å². The summed E-state index contributed by atoms with van der Waals surface area (Å²) in [7, 11) is 0. The van der Waals surface area contributed by atoms with E-state index in [1.54, 1.807) is 10.7 Å². The predicted molar refractivity (Wildman–Crippen MR) is 111 cm³/mol. The second-order valence-corrected chi connectivity index (χ2v) is 6.67. The van der Waals surface area contributed by atoms with Gasteiger partial charge >= 0.3 is 5.97 Å². The first-order valence-corrected chi connectivity index (χ1v) is 9.47. The number of aromatic nitrogens is 2. The van der Waals surface area contributed by atoms with Crippen LogP contribution in [-0.4, -0.2) is 33.3 Å². The SMILES string of the molecule is CCNc1cc(C(=O)NC(CC(=O)O)c2ccccc2C)nn1-c1ccccc1. The number of carboxylic acids is 1. The lowest BCUT2D eigenvalue weighted by Gasteiger charge is -2.18. The molecule has 1 aromatic heterocycles. The fourth-order valence-electron chi connectivity index (χ4n) is 3.19. The van der Waals surface area contributed by atoms with Gasteiger partial charge in [0, 0.05) is 12.6 Å². The summed E-state index contributed by atoms with van der Waals surface area (Å²) >= 11 is 0. The van der Waals surface area contributed by atoms with Crippen molar-refractivity contribution in [3.05, 3.63) is 77.5 Å². The van der Waals surface area contributed by atoms with Crippen molar-refractivity contribution in [2.24, 2.45) is 0 Å². The van der Waals surface area contributed by atoms with Crippen molar-refractivity contribution < 1.29 is 14.7 Å². The molecule has 1 amide bonds. The van der Waals surface area contributed by atoms with E-state index in [-0.39, 0.29) is 12.1 Å². The minimum atomic E-state index is -0.985. The smallest absolute Gasteiger partial charge is 0.305 e. The number of rotatable bonds is 8. The molecule has 7 nitrogen and oxygen atoms in total. The number of carboxylic acid groups (broad SMARTS) is 1. The van der Waals surface area contributed by atoms with Gasteiger partial charge in [0.2, 0.25) is 0 Å².